The number of thioether (sulfide) groups is 1. The van der Waals surface area contributed by atoms with E-state index < -0.39 is 0 Å². The van der Waals surface area contributed by atoms with E-state index >= 15 is 0 Å². The molecule has 5 heteroatoms. The third-order valence-electron chi connectivity index (χ3n) is 4.08. The average molecular weight is 362 g/mol. The first-order valence-electron chi connectivity index (χ1n) is 8.38. The number of nitrogens with zero attached hydrogens (tertiary/aromatic N) is 2. The zero-order valence-electron chi connectivity index (χ0n) is 14.6. The van der Waals surface area contributed by atoms with Gasteiger partial charge in [0.15, 0.2) is 5.76 Å². The zero-order chi connectivity index (χ0) is 17.9. The van der Waals surface area contributed by atoms with E-state index in [-0.39, 0.29) is 0 Å². The molecule has 0 radical (unpaired) electrons. The number of benzene rings is 2. The van der Waals surface area contributed by atoms with Crippen molar-refractivity contribution in [2.45, 2.75) is 24.8 Å². The van der Waals surface area contributed by atoms with Crippen LogP contribution in [0.25, 0.3) is 22.6 Å². The predicted molar refractivity (Wildman–Crippen MR) is 103 cm³/mol. The van der Waals surface area contributed by atoms with Crippen molar-refractivity contribution < 1.29 is 8.83 Å². The number of hydrogen-bond acceptors (Lipinski definition) is 5. The fourth-order valence-corrected chi connectivity index (χ4v) is 3.33. The molecule has 0 saturated heterocycles. The van der Waals surface area contributed by atoms with E-state index in [0.717, 1.165) is 34.0 Å². The van der Waals surface area contributed by atoms with Crippen molar-refractivity contribution in [3.63, 3.8) is 0 Å². The van der Waals surface area contributed by atoms with Gasteiger partial charge in [-0.15, -0.1) is 0 Å². The standard InChI is InChI=1S/C21H18N2O2S/c1-14-15(2)24-18(22-14)13-26-21-23-19(16-9-5-3-6-10-16)20(25-21)17-11-7-4-8-12-17/h3-12H,13H2,1-2H3. The molecular weight excluding hydrogens is 344 g/mol. The zero-order valence-corrected chi connectivity index (χ0v) is 15.4. The molecule has 0 aliphatic heterocycles. The van der Waals surface area contributed by atoms with Crippen LogP contribution in [0.15, 0.2) is 74.7 Å². The Morgan fingerprint density at radius 2 is 1.46 bits per heavy atom. The van der Waals surface area contributed by atoms with Gasteiger partial charge in [-0.2, -0.15) is 0 Å². The molecule has 130 valence electrons. The van der Waals surface area contributed by atoms with Crippen LogP contribution in [0.2, 0.25) is 0 Å². The molecule has 2 aromatic heterocycles. The van der Waals surface area contributed by atoms with Crippen LogP contribution in [0.3, 0.4) is 0 Å². The van der Waals surface area contributed by atoms with Crippen LogP contribution in [0, 0.1) is 13.8 Å². The van der Waals surface area contributed by atoms with Crippen molar-refractivity contribution in [1.82, 2.24) is 9.97 Å². The Morgan fingerprint density at radius 1 is 0.808 bits per heavy atom. The van der Waals surface area contributed by atoms with Crippen LogP contribution in [0.1, 0.15) is 17.3 Å². The Hall–Kier alpha value is -2.79. The molecule has 2 heterocycles. The lowest BCUT2D eigenvalue weighted by atomic mass is 10.1. The van der Waals surface area contributed by atoms with Gasteiger partial charge in [-0.25, -0.2) is 9.97 Å². The van der Waals surface area contributed by atoms with Gasteiger partial charge in [0.05, 0.1) is 11.4 Å². The minimum atomic E-state index is 0.581. The summed E-state index contributed by atoms with van der Waals surface area (Å²) in [4.78, 5) is 9.14. The van der Waals surface area contributed by atoms with Gasteiger partial charge in [0.2, 0.25) is 5.89 Å². The quantitative estimate of drug-likeness (QED) is 0.413. The predicted octanol–water partition coefficient (Wildman–Crippen LogP) is 5.91. The minimum absolute atomic E-state index is 0.581. The molecule has 0 spiro atoms. The summed E-state index contributed by atoms with van der Waals surface area (Å²) in [5.41, 5.74) is 3.81. The van der Waals surface area contributed by atoms with Gasteiger partial charge in [-0.1, -0.05) is 72.4 Å². The van der Waals surface area contributed by atoms with Crippen LogP contribution >= 0.6 is 11.8 Å². The van der Waals surface area contributed by atoms with E-state index in [1.54, 1.807) is 0 Å². The molecular formula is C21H18N2O2S. The van der Waals surface area contributed by atoms with Crippen LogP contribution in [-0.2, 0) is 5.75 Å². The fourth-order valence-electron chi connectivity index (χ4n) is 2.66. The van der Waals surface area contributed by atoms with E-state index in [0.29, 0.717) is 16.9 Å². The lowest BCUT2D eigenvalue weighted by Gasteiger charge is -2.00. The molecule has 0 fully saturated rings. The molecule has 4 aromatic rings. The molecule has 0 N–H and O–H groups in total. The number of oxazole rings is 2. The van der Waals surface area contributed by atoms with Gasteiger partial charge in [0, 0.05) is 11.1 Å². The van der Waals surface area contributed by atoms with E-state index in [1.165, 1.54) is 11.8 Å². The molecule has 2 aromatic carbocycles. The molecule has 0 aliphatic rings. The average Bonchev–Trinajstić information content (AvgIpc) is 3.25. The van der Waals surface area contributed by atoms with Crippen molar-refractivity contribution in [1.29, 1.82) is 0 Å². The summed E-state index contributed by atoms with van der Waals surface area (Å²) in [7, 11) is 0. The number of aryl methyl sites for hydroxylation is 2. The molecule has 0 bridgehead atoms. The van der Waals surface area contributed by atoms with Gasteiger partial charge >= 0.3 is 0 Å². The maximum atomic E-state index is 6.10. The first-order valence-corrected chi connectivity index (χ1v) is 9.36. The Bertz CT molecular complexity index is 931. The Labute approximate surface area is 156 Å². The number of rotatable bonds is 5. The molecule has 4 nitrogen and oxygen atoms in total. The highest BCUT2D eigenvalue weighted by Gasteiger charge is 2.18. The highest BCUT2D eigenvalue weighted by molar-refractivity contribution is 7.98. The third-order valence-corrected chi connectivity index (χ3v) is 4.90. The Morgan fingerprint density at radius 3 is 2.08 bits per heavy atom. The summed E-state index contributed by atoms with van der Waals surface area (Å²) in [6.07, 6.45) is 0. The molecule has 26 heavy (non-hydrogen) atoms. The van der Waals surface area contributed by atoms with Crippen LogP contribution in [0.4, 0.5) is 0 Å². The summed E-state index contributed by atoms with van der Waals surface area (Å²) in [6, 6.07) is 20.1. The van der Waals surface area contributed by atoms with Crippen molar-refractivity contribution in [2.75, 3.05) is 0 Å². The van der Waals surface area contributed by atoms with Crippen LogP contribution in [0.5, 0.6) is 0 Å². The monoisotopic (exact) mass is 362 g/mol. The molecule has 0 amide bonds. The summed E-state index contributed by atoms with van der Waals surface area (Å²) in [5, 5.41) is 0.608. The lowest BCUT2D eigenvalue weighted by Crippen LogP contribution is -1.82. The number of aromatic nitrogens is 2. The molecule has 0 atom stereocenters. The maximum absolute atomic E-state index is 6.10. The summed E-state index contributed by atoms with van der Waals surface area (Å²) in [6.45, 7) is 3.86. The molecule has 0 saturated carbocycles. The third kappa shape index (κ3) is 3.44. The summed E-state index contributed by atoms with van der Waals surface area (Å²) >= 11 is 1.49. The van der Waals surface area contributed by atoms with Gasteiger partial charge in [0.1, 0.15) is 11.5 Å². The van der Waals surface area contributed by atoms with Crippen molar-refractivity contribution in [3.8, 4) is 22.6 Å². The SMILES string of the molecule is Cc1nc(CSc2nc(-c3ccccc3)c(-c3ccccc3)o2)oc1C. The van der Waals surface area contributed by atoms with Gasteiger partial charge < -0.3 is 8.83 Å². The summed E-state index contributed by atoms with van der Waals surface area (Å²) in [5.74, 6) is 2.89. The van der Waals surface area contributed by atoms with E-state index in [9.17, 15) is 0 Å². The topological polar surface area (TPSA) is 52.1 Å². The maximum Gasteiger partial charge on any atom is 0.257 e. The Balaban J connectivity index is 1.67. The smallest absolute Gasteiger partial charge is 0.257 e. The Kier molecular flexibility index (Phi) is 4.63. The second kappa shape index (κ2) is 7.22. The van der Waals surface area contributed by atoms with E-state index in [4.69, 9.17) is 13.8 Å². The molecule has 0 unspecified atom stereocenters. The lowest BCUT2D eigenvalue weighted by molar-refractivity contribution is 0.462. The van der Waals surface area contributed by atoms with E-state index in [2.05, 4.69) is 4.98 Å². The van der Waals surface area contributed by atoms with Crippen LogP contribution < -0.4 is 0 Å². The highest BCUT2D eigenvalue weighted by atomic mass is 32.2. The van der Waals surface area contributed by atoms with Gasteiger partial charge in [-0.05, 0) is 13.8 Å². The molecule has 0 aliphatic carbocycles. The fraction of sp³-hybridized carbons (Fsp3) is 0.143. The van der Waals surface area contributed by atoms with Crippen molar-refractivity contribution in [3.05, 3.63) is 78.0 Å². The van der Waals surface area contributed by atoms with E-state index in [1.807, 2.05) is 74.5 Å². The van der Waals surface area contributed by atoms with Crippen LogP contribution in [-0.4, -0.2) is 9.97 Å². The summed E-state index contributed by atoms with van der Waals surface area (Å²) < 4.78 is 11.7. The normalized spacial score (nSPS) is 11.0. The van der Waals surface area contributed by atoms with Crippen molar-refractivity contribution in [2.24, 2.45) is 0 Å². The minimum Gasteiger partial charge on any atom is -0.445 e. The second-order valence-electron chi connectivity index (χ2n) is 5.93. The van der Waals surface area contributed by atoms with Gasteiger partial charge in [0.25, 0.3) is 5.22 Å². The second-order valence-corrected chi connectivity index (χ2v) is 6.85. The first-order chi connectivity index (χ1) is 12.7. The van der Waals surface area contributed by atoms with Crippen molar-refractivity contribution >= 4 is 11.8 Å². The number of hydrogen-bond donors (Lipinski definition) is 0. The largest absolute Gasteiger partial charge is 0.445 e. The molecule has 4 rings (SSSR count). The van der Waals surface area contributed by atoms with Gasteiger partial charge in [-0.3, -0.25) is 0 Å². The first kappa shape index (κ1) is 16.7. The highest BCUT2D eigenvalue weighted by Crippen LogP contribution is 2.36.